The van der Waals surface area contributed by atoms with E-state index in [0.29, 0.717) is 26.2 Å². The van der Waals surface area contributed by atoms with Gasteiger partial charge in [0.1, 0.15) is 0 Å². The second-order valence-electron chi connectivity index (χ2n) is 3.80. The molecule has 1 heterocycles. The third kappa shape index (κ3) is 6.28. The van der Waals surface area contributed by atoms with Crippen molar-refractivity contribution in [2.75, 3.05) is 33.2 Å². The van der Waals surface area contributed by atoms with Crippen molar-refractivity contribution in [3.05, 3.63) is 18.7 Å². The highest BCUT2D eigenvalue weighted by Crippen LogP contribution is 2.16. The van der Waals surface area contributed by atoms with Crippen LogP contribution in [0.1, 0.15) is 0 Å². The SMILES string of the molecule is CNCCN(CCn1ccnc1)CC(F)(F)F. The third-order valence-electron chi connectivity index (χ3n) is 2.31. The molecular weight excluding hydrogens is 233 g/mol. The fourth-order valence-corrected chi connectivity index (χ4v) is 1.47. The van der Waals surface area contributed by atoms with Crippen LogP contribution in [0.5, 0.6) is 0 Å². The summed E-state index contributed by atoms with van der Waals surface area (Å²) in [5.41, 5.74) is 0. The molecule has 1 aromatic rings. The molecule has 1 aromatic heterocycles. The van der Waals surface area contributed by atoms with Gasteiger partial charge in [-0.05, 0) is 7.05 Å². The highest BCUT2D eigenvalue weighted by Gasteiger charge is 2.30. The Hall–Kier alpha value is -1.08. The molecule has 0 atom stereocenters. The second kappa shape index (κ2) is 6.61. The molecule has 0 spiro atoms. The molecule has 0 aliphatic rings. The number of hydrogen-bond acceptors (Lipinski definition) is 3. The minimum atomic E-state index is -4.15. The van der Waals surface area contributed by atoms with E-state index < -0.39 is 12.7 Å². The lowest BCUT2D eigenvalue weighted by Crippen LogP contribution is -2.39. The maximum Gasteiger partial charge on any atom is 0.401 e. The van der Waals surface area contributed by atoms with Gasteiger partial charge in [0.2, 0.25) is 0 Å². The van der Waals surface area contributed by atoms with E-state index in [1.807, 2.05) is 0 Å². The highest BCUT2D eigenvalue weighted by molar-refractivity contribution is 4.75. The maximum absolute atomic E-state index is 12.3. The Morgan fingerprint density at radius 1 is 1.35 bits per heavy atom. The topological polar surface area (TPSA) is 33.1 Å². The van der Waals surface area contributed by atoms with Crippen molar-refractivity contribution in [3.63, 3.8) is 0 Å². The van der Waals surface area contributed by atoms with E-state index in [1.165, 1.54) is 4.90 Å². The maximum atomic E-state index is 12.3. The van der Waals surface area contributed by atoms with Crippen molar-refractivity contribution in [3.8, 4) is 0 Å². The van der Waals surface area contributed by atoms with Crippen LogP contribution in [0.25, 0.3) is 0 Å². The van der Waals surface area contributed by atoms with Gasteiger partial charge in [-0.15, -0.1) is 0 Å². The number of alkyl halides is 3. The molecule has 1 N–H and O–H groups in total. The molecule has 1 rings (SSSR count). The smallest absolute Gasteiger partial charge is 0.336 e. The quantitative estimate of drug-likeness (QED) is 0.782. The first kappa shape index (κ1) is 14.0. The summed E-state index contributed by atoms with van der Waals surface area (Å²) in [5, 5.41) is 2.85. The summed E-state index contributed by atoms with van der Waals surface area (Å²) in [6, 6.07) is 0. The molecule has 0 aliphatic carbocycles. The largest absolute Gasteiger partial charge is 0.401 e. The zero-order valence-electron chi connectivity index (χ0n) is 9.74. The second-order valence-corrected chi connectivity index (χ2v) is 3.80. The van der Waals surface area contributed by atoms with E-state index in [0.717, 1.165) is 0 Å². The minimum absolute atomic E-state index is 0.359. The summed E-state index contributed by atoms with van der Waals surface area (Å²) in [6.07, 6.45) is 0.804. The number of nitrogens with one attached hydrogen (secondary N) is 1. The van der Waals surface area contributed by atoms with Crippen LogP contribution in [0.15, 0.2) is 18.7 Å². The normalized spacial score (nSPS) is 12.3. The predicted molar refractivity (Wildman–Crippen MR) is 58.6 cm³/mol. The average Bonchev–Trinajstić information content (AvgIpc) is 2.73. The number of aromatic nitrogens is 2. The highest BCUT2D eigenvalue weighted by atomic mass is 19.4. The summed E-state index contributed by atoms with van der Waals surface area (Å²) in [7, 11) is 1.72. The molecule has 4 nitrogen and oxygen atoms in total. The Kier molecular flexibility index (Phi) is 5.43. The van der Waals surface area contributed by atoms with Gasteiger partial charge >= 0.3 is 6.18 Å². The molecule has 17 heavy (non-hydrogen) atoms. The lowest BCUT2D eigenvalue weighted by Gasteiger charge is -2.23. The Balaban J connectivity index is 2.39. The van der Waals surface area contributed by atoms with Crippen molar-refractivity contribution < 1.29 is 13.2 Å². The molecular formula is C10H17F3N4. The number of halogens is 3. The van der Waals surface area contributed by atoms with E-state index >= 15 is 0 Å². The summed E-state index contributed by atoms with van der Waals surface area (Å²) in [6.45, 7) is 0.922. The van der Waals surface area contributed by atoms with Crippen molar-refractivity contribution in [2.45, 2.75) is 12.7 Å². The molecule has 0 saturated heterocycles. The molecule has 0 aromatic carbocycles. The third-order valence-corrected chi connectivity index (χ3v) is 2.31. The number of likely N-dealkylation sites (N-methyl/N-ethyl adjacent to an activating group) is 1. The minimum Gasteiger partial charge on any atom is -0.336 e. The Morgan fingerprint density at radius 2 is 2.12 bits per heavy atom. The van der Waals surface area contributed by atoms with Crippen molar-refractivity contribution in [2.24, 2.45) is 0 Å². The molecule has 0 amide bonds. The van der Waals surface area contributed by atoms with Gasteiger partial charge in [0, 0.05) is 38.6 Å². The summed E-state index contributed by atoms with van der Waals surface area (Å²) in [5.74, 6) is 0. The lowest BCUT2D eigenvalue weighted by molar-refractivity contribution is -0.146. The predicted octanol–water partition coefficient (Wildman–Crippen LogP) is 0.967. The van der Waals surface area contributed by atoms with Crippen molar-refractivity contribution >= 4 is 0 Å². The van der Waals surface area contributed by atoms with Gasteiger partial charge in [-0.3, -0.25) is 4.90 Å². The van der Waals surface area contributed by atoms with E-state index in [-0.39, 0.29) is 0 Å². The number of nitrogens with zero attached hydrogens (tertiary/aromatic N) is 3. The molecule has 0 unspecified atom stereocenters. The first-order chi connectivity index (χ1) is 8.01. The van der Waals surface area contributed by atoms with E-state index in [1.54, 1.807) is 30.3 Å². The van der Waals surface area contributed by atoms with Gasteiger partial charge in [0.05, 0.1) is 12.9 Å². The van der Waals surface area contributed by atoms with Crippen LogP contribution in [0.2, 0.25) is 0 Å². The first-order valence-electron chi connectivity index (χ1n) is 5.41. The van der Waals surface area contributed by atoms with Crippen molar-refractivity contribution in [1.29, 1.82) is 0 Å². The number of rotatable bonds is 7. The average molecular weight is 250 g/mol. The Labute approximate surface area is 98.4 Å². The summed E-state index contributed by atoms with van der Waals surface area (Å²) < 4.78 is 38.7. The van der Waals surface area contributed by atoms with Crippen LogP contribution in [-0.4, -0.2) is 53.9 Å². The molecule has 0 saturated carbocycles. The van der Waals surface area contributed by atoms with Crippen LogP contribution in [0.4, 0.5) is 13.2 Å². The standard InChI is InChI=1S/C10H17F3N4/c1-14-2-4-16(8-10(11,12)13)6-7-17-5-3-15-9-17/h3,5,9,14H,2,4,6-8H2,1H3. The Bertz CT molecular complexity index is 297. The number of hydrogen-bond donors (Lipinski definition) is 1. The van der Waals surface area contributed by atoms with Crippen LogP contribution in [0, 0.1) is 0 Å². The fourth-order valence-electron chi connectivity index (χ4n) is 1.47. The molecule has 98 valence electrons. The monoisotopic (exact) mass is 250 g/mol. The zero-order valence-corrected chi connectivity index (χ0v) is 9.74. The van der Waals surface area contributed by atoms with Gasteiger partial charge in [0.15, 0.2) is 0 Å². The first-order valence-corrected chi connectivity index (χ1v) is 5.41. The van der Waals surface area contributed by atoms with Gasteiger partial charge < -0.3 is 9.88 Å². The lowest BCUT2D eigenvalue weighted by atomic mass is 10.4. The van der Waals surface area contributed by atoms with Crippen molar-refractivity contribution in [1.82, 2.24) is 19.8 Å². The fraction of sp³-hybridized carbons (Fsp3) is 0.700. The van der Waals surface area contributed by atoms with Gasteiger partial charge in [0.25, 0.3) is 0 Å². The zero-order chi connectivity index (χ0) is 12.7. The van der Waals surface area contributed by atoms with Crippen LogP contribution >= 0.6 is 0 Å². The molecule has 0 aliphatic heterocycles. The molecule has 0 fully saturated rings. The van der Waals surface area contributed by atoms with E-state index in [9.17, 15) is 13.2 Å². The molecule has 0 radical (unpaired) electrons. The van der Waals surface area contributed by atoms with Gasteiger partial charge in [-0.2, -0.15) is 13.2 Å². The van der Waals surface area contributed by atoms with Crippen LogP contribution < -0.4 is 5.32 Å². The van der Waals surface area contributed by atoms with E-state index in [4.69, 9.17) is 0 Å². The van der Waals surface area contributed by atoms with Crippen LogP contribution in [0.3, 0.4) is 0 Å². The van der Waals surface area contributed by atoms with Gasteiger partial charge in [-0.1, -0.05) is 0 Å². The summed E-state index contributed by atoms with van der Waals surface area (Å²) in [4.78, 5) is 5.23. The Morgan fingerprint density at radius 3 is 2.65 bits per heavy atom. The van der Waals surface area contributed by atoms with E-state index in [2.05, 4.69) is 10.3 Å². The molecule has 7 heteroatoms. The van der Waals surface area contributed by atoms with Crippen LogP contribution in [-0.2, 0) is 6.54 Å². The molecule has 0 bridgehead atoms. The van der Waals surface area contributed by atoms with Gasteiger partial charge in [-0.25, -0.2) is 4.98 Å². The summed E-state index contributed by atoms with van der Waals surface area (Å²) >= 11 is 0. The number of imidazole rings is 1.